The van der Waals surface area contributed by atoms with Gasteiger partial charge in [0.05, 0.1) is 10.7 Å². The number of phenols is 1. The molecule has 0 aliphatic carbocycles. The van der Waals surface area contributed by atoms with E-state index in [1.807, 2.05) is 24.3 Å². The molecule has 124 valence electrons. The number of aromatic nitrogens is 3. The van der Waals surface area contributed by atoms with Gasteiger partial charge in [0.25, 0.3) is 0 Å². The quantitative estimate of drug-likeness (QED) is 0.474. The van der Waals surface area contributed by atoms with Crippen LogP contribution in [0.25, 0.3) is 27.8 Å². The fraction of sp³-hybridized carbons (Fsp3) is 0. The minimum atomic E-state index is -0.0433. The zero-order chi connectivity index (χ0) is 17.6. The summed E-state index contributed by atoms with van der Waals surface area (Å²) in [6.45, 7) is 0. The first kappa shape index (κ1) is 16.2. The molecule has 4 rings (SSSR count). The van der Waals surface area contributed by atoms with E-state index in [9.17, 15) is 5.11 Å². The molecule has 0 fully saturated rings. The van der Waals surface area contributed by atoms with Gasteiger partial charge in [-0.2, -0.15) is 0 Å². The van der Waals surface area contributed by atoms with E-state index in [0.717, 1.165) is 0 Å². The van der Waals surface area contributed by atoms with Crippen molar-refractivity contribution in [2.45, 2.75) is 0 Å². The number of halogens is 3. The Morgan fingerprint density at radius 2 is 1.52 bits per heavy atom. The second-order valence-electron chi connectivity index (χ2n) is 5.42. The molecule has 0 aliphatic rings. The first-order valence-electron chi connectivity index (χ1n) is 7.33. The maximum absolute atomic E-state index is 10.4. The van der Waals surface area contributed by atoms with Gasteiger partial charge in [0.15, 0.2) is 0 Å². The second-order valence-corrected chi connectivity index (χ2v) is 6.70. The number of fused-ring (bicyclic) bond motifs is 1. The minimum Gasteiger partial charge on any atom is -0.506 e. The van der Waals surface area contributed by atoms with E-state index in [0.29, 0.717) is 37.9 Å². The number of hydrogen-bond acceptors (Lipinski definition) is 3. The highest BCUT2D eigenvalue weighted by molar-refractivity contribution is 6.36. The van der Waals surface area contributed by atoms with Gasteiger partial charge in [0.1, 0.15) is 16.8 Å². The van der Waals surface area contributed by atoms with Crippen molar-refractivity contribution in [1.82, 2.24) is 15.0 Å². The van der Waals surface area contributed by atoms with Gasteiger partial charge in [0, 0.05) is 21.2 Å². The normalized spacial score (nSPS) is 11.2. The first-order chi connectivity index (χ1) is 12.0. The molecule has 0 atom stereocenters. The lowest BCUT2D eigenvalue weighted by Gasteiger charge is -2.11. The summed E-state index contributed by atoms with van der Waals surface area (Å²) in [6, 6.07) is 15.9. The summed E-state index contributed by atoms with van der Waals surface area (Å²) < 4.78 is 0. The van der Waals surface area contributed by atoms with E-state index in [4.69, 9.17) is 34.8 Å². The van der Waals surface area contributed by atoms with Gasteiger partial charge in [-0.25, -0.2) is 0 Å². The summed E-state index contributed by atoms with van der Waals surface area (Å²) in [5.74, 6) is -0.0433. The highest BCUT2D eigenvalue weighted by Crippen LogP contribution is 2.40. The van der Waals surface area contributed by atoms with Gasteiger partial charge in [-0.15, -0.1) is 15.0 Å². The Morgan fingerprint density at radius 3 is 2.36 bits per heavy atom. The average molecular weight is 391 g/mol. The largest absolute Gasteiger partial charge is 0.506 e. The van der Waals surface area contributed by atoms with E-state index in [2.05, 4.69) is 10.2 Å². The van der Waals surface area contributed by atoms with Crippen molar-refractivity contribution in [3.63, 3.8) is 0 Å². The fourth-order valence-corrected chi connectivity index (χ4v) is 3.30. The smallest absolute Gasteiger partial charge is 0.142 e. The third-order valence-electron chi connectivity index (χ3n) is 3.78. The Kier molecular flexibility index (Phi) is 4.04. The van der Waals surface area contributed by atoms with Crippen LogP contribution in [0.3, 0.4) is 0 Å². The third-order valence-corrected chi connectivity index (χ3v) is 4.52. The maximum Gasteiger partial charge on any atom is 0.142 e. The van der Waals surface area contributed by atoms with Crippen molar-refractivity contribution < 1.29 is 5.11 Å². The van der Waals surface area contributed by atoms with Crippen LogP contribution >= 0.6 is 34.8 Å². The lowest BCUT2D eigenvalue weighted by Crippen LogP contribution is -2.01. The summed E-state index contributed by atoms with van der Waals surface area (Å²) in [6.07, 6.45) is 0. The molecule has 4 aromatic rings. The highest BCUT2D eigenvalue weighted by Gasteiger charge is 2.16. The molecule has 0 spiro atoms. The van der Waals surface area contributed by atoms with Gasteiger partial charge >= 0.3 is 0 Å². The monoisotopic (exact) mass is 389 g/mol. The Morgan fingerprint density at radius 1 is 0.760 bits per heavy atom. The standard InChI is InChI=1S/C18H10Cl3N3O/c19-10-5-6-15-16(9-10)23-24(22-15)17-4-2-1-3-12(17)13-7-11(20)8-14(21)18(13)25/h1-9,25H. The first-order valence-corrected chi connectivity index (χ1v) is 8.47. The van der Waals surface area contributed by atoms with Crippen LogP contribution < -0.4 is 0 Å². The minimum absolute atomic E-state index is 0.0433. The summed E-state index contributed by atoms with van der Waals surface area (Å²) in [7, 11) is 0. The molecule has 7 heteroatoms. The van der Waals surface area contributed by atoms with Crippen molar-refractivity contribution in [2.75, 3.05) is 0 Å². The molecule has 3 aromatic carbocycles. The Hall–Kier alpha value is -2.27. The zero-order valence-corrected chi connectivity index (χ0v) is 14.9. The lowest BCUT2D eigenvalue weighted by molar-refractivity contribution is 0.477. The van der Waals surface area contributed by atoms with Crippen LogP contribution in [0.4, 0.5) is 0 Å². The van der Waals surface area contributed by atoms with Crippen LogP contribution in [-0.2, 0) is 0 Å². The topological polar surface area (TPSA) is 50.9 Å². The molecule has 0 unspecified atom stereocenters. The molecule has 1 N–H and O–H groups in total. The molecular formula is C18H10Cl3N3O. The average Bonchev–Trinajstić information content (AvgIpc) is 3.01. The number of benzene rings is 3. The van der Waals surface area contributed by atoms with Gasteiger partial charge in [-0.1, -0.05) is 53.0 Å². The van der Waals surface area contributed by atoms with Crippen LogP contribution in [0.1, 0.15) is 0 Å². The van der Waals surface area contributed by atoms with Gasteiger partial charge in [-0.3, -0.25) is 0 Å². The molecule has 0 bridgehead atoms. The van der Waals surface area contributed by atoms with Gasteiger partial charge in [0.2, 0.25) is 0 Å². The molecule has 0 saturated carbocycles. The summed E-state index contributed by atoms with van der Waals surface area (Å²) in [4.78, 5) is 1.50. The van der Waals surface area contributed by atoms with E-state index in [-0.39, 0.29) is 10.8 Å². The summed E-state index contributed by atoms with van der Waals surface area (Å²) >= 11 is 18.2. The van der Waals surface area contributed by atoms with Crippen LogP contribution in [-0.4, -0.2) is 20.1 Å². The van der Waals surface area contributed by atoms with Crippen molar-refractivity contribution >= 4 is 45.8 Å². The second kappa shape index (κ2) is 6.23. The molecule has 1 aromatic heterocycles. The Labute approximate surface area is 158 Å². The maximum atomic E-state index is 10.4. The van der Waals surface area contributed by atoms with Crippen molar-refractivity contribution in [1.29, 1.82) is 0 Å². The van der Waals surface area contributed by atoms with E-state index in [1.54, 1.807) is 24.3 Å². The molecule has 25 heavy (non-hydrogen) atoms. The number of rotatable bonds is 2. The number of nitrogens with zero attached hydrogens (tertiary/aromatic N) is 3. The molecular weight excluding hydrogens is 381 g/mol. The third kappa shape index (κ3) is 2.93. The van der Waals surface area contributed by atoms with Crippen LogP contribution in [0.5, 0.6) is 5.75 Å². The summed E-state index contributed by atoms with van der Waals surface area (Å²) in [5, 5.41) is 20.5. The number of para-hydroxylation sites is 1. The molecule has 4 nitrogen and oxygen atoms in total. The predicted octanol–water partition coefficient (Wildman–Crippen LogP) is 5.75. The predicted molar refractivity (Wildman–Crippen MR) is 101 cm³/mol. The molecule has 0 amide bonds. The highest BCUT2D eigenvalue weighted by atomic mass is 35.5. The SMILES string of the molecule is Oc1c(Cl)cc(Cl)cc1-c1ccccc1-n1nc2ccc(Cl)cc2n1. The van der Waals surface area contributed by atoms with Gasteiger partial charge in [-0.05, 0) is 36.4 Å². The van der Waals surface area contributed by atoms with Crippen LogP contribution in [0.2, 0.25) is 15.1 Å². The van der Waals surface area contributed by atoms with Crippen molar-refractivity contribution in [2.24, 2.45) is 0 Å². The number of hydrogen-bond donors (Lipinski definition) is 1. The zero-order valence-electron chi connectivity index (χ0n) is 12.6. The number of phenolic OH excluding ortho intramolecular Hbond substituents is 1. The molecule has 1 heterocycles. The summed E-state index contributed by atoms with van der Waals surface area (Å²) in [5.41, 5.74) is 3.29. The van der Waals surface area contributed by atoms with Crippen molar-refractivity contribution in [3.8, 4) is 22.6 Å². The molecule has 0 saturated heterocycles. The van der Waals surface area contributed by atoms with Crippen LogP contribution in [0, 0.1) is 0 Å². The lowest BCUT2D eigenvalue weighted by atomic mass is 10.0. The van der Waals surface area contributed by atoms with E-state index < -0.39 is 0 Å². The Balaban J connectivity index is 1.95. The molecule has 0 radical (unpaired) electrons. The fourth-order valence-electron chi connectivity index (χ4n) is 2.64. The Bertz CT molecular complexity index is 1110. The number of aromatic hydroxyl groups is 1. The van der Waals surface area contributed by atoms with E-state index in [1.165, 1.54) is 10.9 Å². The van der Waals surface area contributed by atoms with Gasteiger partial charge < -0.3 is 5.11 Å². The van der Waals surface area contributed by atoms with Crippen molar-refractivity contribution in [3.05, 3.63) is 69.7 Å². The molecule has 0 aliphatic heterocycles. The van der Waals surface area contributed by atoms with E-state index >= 15 is 0 Å². The van der Waals surface area contributed by atoms with Crippen LogP contribution in [0.15, 0.2) is 54.6 Å².